The molecule has 3 nitrogen and oxygen atoms in total. The minimum atomic E-state index is 0.459. The predicted octanol–water partition coefficient (Wildman–Crippen LogP) is 0.748. The van der Waals surface area contributed by atoms with Gasteiger partial charge < -0.3 is 10.6 Å². The lowest BCUT2D eigenvalue weighted by Crippen LogP contribution is -2.55. The van der Waals surface area contributed by atoms with E-state index in [0.717, 1.165) is 19.1 Å². The zero-order valence-electron chi connectivity index (χ0n) is 10.0. The first kappa shape index (κ1) is 12.0. The highest BCUT2D eigenvalue weighted by Gasteiger charge is 2.32. The Bertz CT molecular complexity index is 164. The first-order valence-electron chi connectivity index (χ1n) is 5.70. The van der Waals surface area contributed by atoms with Crippen molar-refractivity contribution < 1.29 is 0 Å². The molecule has 0 bridgehead atoms. The standard InChI is InChI=1S/C11H25N3/c1-5-14(9(2)8-13(3)4)11-6-10(12)7-11/h9-11H,5-8,12H2,1-4H3. The van der Waals surface area contributed by atoms with Crippen LogP contribution in [0.5, 0.6) is 0 Å². The van der Waals surface area contributed by atoms with Crippen molar-refractivity contribution in [1.82, 2.24) is 9.80 Å². The molecule has 1 aliphatic rings. The van der Waals surface area contributed by atoms with E-state index < -0.39 is 0 Å². The predicted molar refractivity (Wildman–Crippen MR) is 61.4 cm³/mol. The first-order valence-corrected chi connectivity index (χ1v) is 5.70. The van der Waals surface area contributed by atoms with Gasteiger partial charge in [-0.2, -0.15) is 0 Å². The van der Waals surface area contributed by atoms with Crippen molar-refractivity contribution in [1.29, 1.82) is 0 Å². The molecule has 0 spiro atoms. The molecule has 3 heteroatoms. The molecule has 1 atom stereocenters. The number of likely N-dealkylation sites (N-methyl/N-ethyl adjacent to an activating group) is 2. The van der Waals surface area contributed by atoms with E-state index >= 15 is 0 Å². The maximum Gasteiger partial charge on any atom is 0.0197 e. The van der Waals surface area contributed by atoms with Crippen LogP contribution in [0.1, 0.15) is 26.7 Å². The molecule has 0 amide bonds. The fourth-order valence-electron chi connectivity index (χ4n) is 2.46. The summed E-state index contributed by atoms with van der Waals surface area (Å²) in [6.45, 7) is 6.84. The largest absolute Gasteiger partial charge is 0.328 e. The van der Waals surface area contributed by atoms with Gasteiger partial charge in [-0.1, -0.05) is 6.92 Å². The van der Waals surface area contributed by atoms with Crippen molar-refractivity contribution in [2.24, 2.45) is 5.73 Å². The molecule has 0 heterocycles. The molecule has 14 heavy (non-hydrogen) atoms. The zero-order valence-corrected chi connectivity index (χ0v) is 10.0. The Balaban J connectivity index is 2.37. The topological polar surface area (TPSA) is 32.5 Å². The second-order valence-electron chi connectivity index (χ2n) is 4.83. The highest BCUT2D eigenvalue weighted by Crippen LogP contribution is 2.25. The van der Waals surface area contributed by atoms with E-state index in [2.05, 4.69) is 37.7 Å². The van der Waals surface area contributed by atoms with Gasteiger partial charge >= 0.3 is 0 Å². The molecule has 2 N–H and O–H groups in total. The molecule has 0 aromatic heterocycles. The quantitative estimate of drug-likeness (QED) is 0.709. The molecule has 1 fully saturated rings. The van der Waals surface area contributed by atoms with Crippen LogP contribution in [0.15, 0.2) is 0 Å². The van der Waals surface area contributed by atoms with Crippen LogP contribution in [0.25, 0.3) is 0 Å². The maximum absolute atomic E-state index is 5.83. The van der Waals surface area contributed by atoms with Gasteiger partial charge in [0.25, 0.3) is 0 Å². The Morgan fingerprint density at radius 3 is 2.29 bits per heavy atom. The molecule has 84 valence electrons. The Hall–Kier alpha value is -0.120. The summed E-state index contributed by atoms with van der Waals surface area (Å²) in [7, 11) is 4.27. The van der Waals surface area contributed by atoms with E-state index in [1.165, 1.54) is 12.8 Å². The lowest BCUT2D eigenvalue weighted by Gasteiger charge is -2.44. The summed E-state index contributed by atoms with van der Waals surface area (Å²) in [5, 5.41) is 0. The number of hydrogen-bond acceptors (Lipinski definition) is 3. The van der Waals surface area contributed by atoms with E-state index in [0.29, 0.717) is 12.1 Å². The molecule has 1 aliphatic carbocycles. The van der Waals surface area contributed by atoms with Gasteiger partial charge in [-0.3, -0.25) is 4.90 Å². The Morgan fingerprint density at radius 1 is 1.36 bits per heavy atom. The highest BCUT2D eigenvalue weighted by atomic mass is 15.2. The molecular formula is C11H25N3. The monoisotopic (exact) mass is 199 g/mol. The van der Waals surface area contributed by atoms with Crippen LogP contribution in [-0.4, -0.2) is 55.1 Å². The third kappa shape index (κ3) is 2.94. The lowest BCUT2D eigenvalue weighted by molar-refractivity contribution is 0.0674. The Labute approximate surface area is 88.2 Å². The van der Waals surface area contributed by atoms with Gasteiger partial charge in [0.1, 0.15) is 0 Å². The van der Waals surface area contributed by atoms with E-state index in [4.69, 9.17) is 5.73 Å². The number of hydrogen-bond donors (Lipinski definition) is 1. The van der Waals surface area contributed by atoms with Crippen LogP contribution in [0.2, 0.25) is 0 Å². The van der Waals surface area contributed by atoms with Gasteiger partial charge in [-0.05, 0) is 40.4 Å². The van der Waals surface area contributed by atoms with Crippen molar-refractivity contribution in [3.8, 4) is 0 Å². The second-order valence-corrected chi connectivity index (χ2v) is 4.83. The summed E-state index contributed by atoms with van der Waals surface area (Å²) in [4.78, 5) is 4.84. The van der Waals surface area contributed by atoms with Crippen molar-refractivity contribution in [2.75, 3.05) is 27.2 Å². The summed E-state index contributed by atoms with van der Waals surface area (Å²) >= 11 is 0. The van der Waals surface area contributed by atoms with E-state index in [9.17, 15) is 0 Å². The minimum Gasteiger partial charge on any atom is -0.328 e. The third-order valence-corrected chi connectivity index (χ3v) is 3.18. The van der Waals surface area contributed by atoms with Gasteiger partial charge in [0.2, 0.25) is 0 Å². The van der Waals surface area contributed by atoms with Crippen molar-refractivity contribution in [3.63, 3.8) is 0 Å². The fraction of sp³-hybridized carbons (Fsp3) is 1.00. The lowest BCUT2D eigenvalue weighted by atomic mass is 9.85. The van der Waals surface area contributed by atoms with Gasteiger partial charge in [0.05, 0.1) is 0 Å². The summed E-state index contributed by atoms with van der Waals surface area (Å²) < 4.78 is 0. The molecule has 0 radical (unpaired) electrons. The maximum atomic E-state index is 5.83. The van der Waals surface area contributed by atoms with Crippen LogP contribution in [0, 0.1) is 0 Å². The van der Waals surface area contributed by atoms with Gasteiger partial charge in [0.15, 0.2) is 0 Å². The normalized spacial score (nSPS) is 29.4. The van der Waals surface area contributed by atoms with Gasteiger partial charge in [0, 0.05) is 24.7 Å². The van der Waals surface area contributed by atoms with Crippen LogP contribution < -0.4 is 5.73 Å². The van der Waals surface area contributed by atoms with Crippen LogP contribution in [0.3, 0.4) is 0 Å². The Morgan fingerprint density at radius 2 is 1.93 bits per heavy atom. The fourth-order valence-corrected chi connectivity index (χ4v) is 2.46. The molecule has 0 aliphatic heterocycles. The average Bonchev–Trinajstić information content (AvgIpc) is 2.01. The molecular weight excluding hydrogens is 174 g/mol. The average molecular weight is 199 g/mol. The molecule has 0 saturated heterocycles. The zero-order chi connectivity index (χ0) is 10.7. The number of rotatable bonds is 5. The number of nitrogens with two attached hydrogens (primary N) is 1. The van der Waals surface area contributed by atoms with E-state index in [1.54, 1.807) is 0 Å². The molecule has 1 unspecified atom stereocenters. The molecule has 1 rings (SSSR count). The summed E-state index contributed by atoms with van der Waals surface area (Å²) in [6.07, 6.45) is 2.37. The van der Waals surface area contributed by atoms with Crippen LogP contribution >= 0.6 is 0 Å². The molecule has 0 aromatic carbocycles. The van der Waals surface area contributed by atoms with Crippen molar-refractivity contribution >= 4 is 0 Å². The SMILES string of the molecule is CCN(C(C)CN(C)C)C1CC(N)C1. The summed E-state index contributed by atoms with van der Waals surface area (Å²) in [5.74, 6) is 0. The first-order chi connectivity index (χ1) is 6.54. The van der Waals surface area contributed by atoms with Crippen molar-refractivity contribution in [2.45, 2.75) is 44.8 Å². The van der Waals surface area contributed by atoms with Crippen LogP contribution in [-0.2, 0) is 0 Å². The highest BCUT2D eigenvalue weighted by molar-refractivity contribution is 4.91. The number of nitrogens with zero attached hydrogens (tertiary/aromatic N) is 2. The van der Waals surface area contributed by atoms with Gasteiger partial charge in [-0.15, -0.1) is 0 Å². The van der Waals surface area contributed by atoms with E-state index in [1.807, 2.05) is 0 Å². The molecule has 1 saturated carbocycles. The molecule has 0 aromatic rings. The van der Waals surface area contributed by atoms with E-state index in [-0.39, 0.29) is 0 Å². The summed E-state index contributed by atoms with van der Waals surface area (Å²) in [5.41, 5.74) is 5.83. The Kier molecular flexibility index (Phi) is 4.35. The smallest absolute Gasteiger partial charge is 0.0197 e. The third-order valence-electron chi connectivity index (χ3n) is 3.18. The minimum absolute atomic E-state index is 0.459. The van der Waals surface area contributed by atoms with Gasteiger partial charge in [-0.25, -0.2) is 0 Å². The second kappa shape index (κ2) is 5.10. The van der Waals surface area contributed by atoms with Crippen molar-refractivity contribution in [3.05, 3.63) is 0 Å². The van der Waals surface area contributed by atoms with Crippen LogP contribution in [0.4, 0.5) is 0 Å². The summed E-state index contributed by atoms with van der Waals surface area (Å²) in [6, 6.07) is 1.85.